The van der Waals surface area contributed by atoms with Crippen molar-refractivity contribution in [3.05, 3.63) is 24.3 Å². The van der Waals surface area contributed by atoms with Crippen molar-refractivity contribution in [2.75, 3.05) is 30.9 Å². The van der Waals surface area contributed by atoms with E-state index in [0.29, 0.717) is 38.8 Å². The van der Waals surface area contributed by atoms with E-state index >= 15 is 0 Å². The Balaban J connectivity index is 1.82. The highest BCUT2D eigenvalue weighted by Gasteiger charge is 2.39. The highest BCUT2D eigenvalue weighted by Crippen LogP contribution is 2.37. The molecule has 6 nitrogen and oxygen atoms in total. The average molecular weight is 314 g/mol. The molecular formula is C17H22N4O2. The summed E-state index contributed by atoms with van der Waals surface area (Å²) in [6.07, 6.45) is 7.56. The van der Waals surface area contributed by atoms with Gasteiger partial charge in [0.25, 0.3) is 0 Å². The number of nitrogens with zero attached hydrogens (tertiary/aromatic N) is 2. The normalized spacial score (nSPS) is 14.1. The molecule has 1 amide bonds. The molecule has 1 aliphatic rings. The van der Waals surface area contributed by atoms with E-state index in [9.17, 15) is 4.79 Å². The third-order valence-electron chi connectivity index (χ3n) is 3.63. The summed E-state index contributed by atoms with van der Waals surface area (Å²) in [7, 11) is 1.65. The molecule has 0 atom stereocenters. The van der Waals surface area contributed by atoms with Gasteiger partial charge in [0.15, 0.2) is 5.66 Å². The number of rotatable bonds is 10. The Kier molecular flexibility index (Phi) is 6.12. The molecule has 23 heavy (non-hydrogen) atoms. The summed E-state index contributed by atoms with van der Waals surface area (Å²) in [5, 5.41) is 14.2. The van der Waals surface area contributed by atoms with Gasteiger partial charge in [-0.3, -0.25) is 4.79 Å². The van der Waals surface area contributed by atoms with Gasteiger partial charge in [0.1, 0.15) is 0 Å². The van der Waals surface area contributed by atoms with Crippen molar-refractivity contribution in [2.24, 2.45) is 10.2 Å². The number of hydrogen-bond donors (Lipinski definition) is 2. The van der Waals surface area contributed by atoms with Crippen molar-refractivity contribution < 1.29 is 9.53 Å². The smallest absolute Gasteiger partial charge is 0.224 e. The zero-order chi connectivity index (χ0) is 16.5. The number of hydrogen-bond acceptors (Lipinski definition) is 5. The van der Waals surface area contributed by atoms with Crippen LogP contribution in [0.5, 0.6) is 0 Å². The molecule has 0 saturated heterocycles. The number of carbonyl (C=O) groups is 1. The first kappa shape index (κ1) is 17.0. The van der Waals surface area contributed by atoms with Gasteiger partial charge in [0, 0.05) is 39.3 Å². The number of amides is 1. The molecule has 0 saturated carbocycles. The SMILES string of the molecule is C#CCCC1(CCC(=O)Nc2ccccc2NCCOC)N=N1. The van der Waals surface area contributed by atoms with Crippen LogP contribution in [0.1, 0.15) is 25.7 Å². The molecule has 0 aliphatic carbocycles. The van der Waals surface area contributed by atoms with E-state index in [0.717, 1.165) is 11.4 Å². The minimum Gasteiger partial charge on any atom is -0.383 e. The Bertz CT molecular complexity index is 601. The zero-order valence-electron chi connectivity index (χ0n) is 13.3. The highest BCUT2D eigenvalue weighted by molar-refractivity contribution is 5.94. The number of carbonyl (C=O) groups excluding carboxylic acids is 1. The van der Waals surface area contributed by atoms with Gasteiger partial charge in [0.2, 0.25) is 5.91 Å². The van der Waals surface area contributed by atoms with Crippen LogP contribution in [0.2, 0.25) is 0 Å². The minimum absolute atomic E-state index is 0.0524. The second-order valence-electron chi connectivity index (χ2n) is 5.40. The van der Waals surface area contributed by atoms with Gasteiger partial charge in [-0.1, -0.05) is 12.1 Å². The fourth-order valence-electron chi connectivity index (χ4n) is 2.23. The van der Waals surface area contributed by atoms with Crippen LogP contribution in [-0.2, 0) is 9.53 Å². The van der Waals surface area contributed by atoms with Crippen LogP contribution in [0.25, 0.3) is 0 Å². The molecule has 6 heteroatoms. The van der Waals surface area contributed by atoms with Gasteiger partial charge in [-0.25, -0.2) is 0 Å². The molecule has 1 heterocycles. The van der Waals surface area contributed by atoms with Crippen LogP contribution in [-0.4, -0.2) is 31.8 Å². The number of methoxy groups -OCH3 is 1. The molecule has 1 aromatic rings. The molecule has 0 spiro atoms. The number of benzene rings is 1. The lowest BCUT2D eigenvalue weighted by Crippen LogP contribution is -2.18. The summed E-state index contributed by atoms with van der Waals surface area (Å²) >= 11 is 0. The van der Waals surface area contributed by atoms with Crippen LogP contribution in [0.4, 0.5) is 11.4 Å². The maximum Gasteiger partial charge on any atom is 0.224 e. The number of anilines is 2. The largest absolute Gasteiger partial charge is 0.383 e. The van der Waals surface area contributed by atoms with Crippen molar-refractivity contribution in [1.29, 1.82) is 0 Å². The van der Waals surface area contributed by atoms with Crippen molar-refractivity contribution in [1.82, 2.24) is 0 Å². The van der Waals surface area contributed by atoms with Gasteiger partial charge in [-0.2, -0.15) is 10.2 Å². The highest BCUT2D eigenvalue weighted by atomic mass is 16.5. The topological polar surface area (TPSA) is 75.1 Å². The predicted octanol–water partition coefficient (Wildman–Crippen LogP) is 3.04. The molecule has 2 N–H and O–H groups in total. The minimum atomic E-state index is -0.417. The molecule has 0 fully saturated rings. The predicted molar refractivity (Wildman–Crippen MR) is 90.3 cm³/mol. The van der Waals surface area contributed by atoms with E-state index in [4.69, 9.17) is 11.2 Å². The maximum atomic E-state index is 12.2. The standard InChI is InChI=1S/C17H22N4O2/c1-3-4-10-17(20-21-17)11-9-16(22)19-15-8-6-5-7-14(15)18-12-13-23-2/h1,5-8,18H,4,9-13H2,2H3,(H,19,22). The molecule has 0 unspecified atom stereocenters. The molecular weight excluding hydrogens is 292 g/mol. The van der Waals surface area contributed by atoms with Gasteiger partial charge >= 0.3 is 0 Å². The van der Waals surface area contributed by atoms with Crippen LogP contribution >= 0.6 is 0 Å². The third kappa shape index (κ3) is 5.38. The van der Waals surface area contributed by atoms with E-state index in [-0.39, 0.29) is 5.91 Å². The average Bonchev–Trinajstić information content (AvgIpc) is 3.33. The molecule has 0 aromatic heterocycles. The summed E-state index contributed by atoms with van der Waals surface area (Å²) < 4.78 is 5.01. The Labute approximate surface area is 136 Å². The third-order valence-corrected chi connectivity index (χ3v) is 3.63. The van der Waals surface area contributed by atoms with Crippen molar-refractivity contribution in [2.45, 2.75) is 31.3 Å². The van der Waals surface area contributed by atoms with Crippen molar-refractivity contribution in [3.63, 3.8) is 0 Å². The lowest BCUT2D eigenvalue weighted by molar-refractivity contribution is -0.116. The number of nitrogens with one attached hydrogen (secondary N) is 2. The fourth-order valence-corrected chi connectivity index (χ4v) is 2.23. The Morgan fingerprint density at radius 2 is 2.04 bits per heavy atom. The van der Waals surface area contributed by atoms with Gasteiger partial charge in [-0.05, 0) is 12.1 Å². The van der Waals surface area contributed by atoms with Crippen molar-refractivity contribution in [3.8, 4) is 12.3 Å². The Morgan fingerprint density at radius 3 is 2.70 bits per heavy atom. The lowest BCUT2D eigenvalue weighted by atomic mass is 10.0. The molecule has 1 aliphatic heterocycles. The molecule has 122 valence electrons. The summed E-state index contributed by atoms with van der Waals surface area (Å²) in [6, 6.07) is 7.59. The first-order chi connectivity index (χ1) is 11.2. The van der Waals surface area contributed by atoms with Crippen LogP contribution < -0.4 is 10.6 Å². The summed E-state index contributed by atoms with van der Waals surface area (Å²) in [5.41, 5.74) is 1.22. The second kappa shape index (κ2) is 8.30. The molecule has 0 bridgehead atoms. The van der Waals surface area contributed by atoms with E-state index in [1.807, 2.05) is 24.3 Å². The van der Waals surface area contributed by atoms with Gasteiger partial charge in [-0.15, -0.1) is 12.3 Å². The van der Waals surface area contributed by atoms with Crippen molar-refractivity contribution >= 4 is 17.3 Å². The Morgan fingerprint density at radius 1 is 1.30 bits per heavy atom. The quantitative estimate of drug-likeness (QED) is 0.515. The van der Waals surface area contributed by atoms with Gasteiger partial charge in [0.05, 0.1) is 18.0 Å². The number of para-hydroxylation sites is 2. The van der Waals surface area contributed by atoms with Crippen LogP contribution in [0.3, 0.4) is 0 Å². The van der Waals surface area contributed by atoms with E-state index in [1.54, 1.807) is 7.11 Å². The molecule has 0 radical (unpaired) electrons. The summed E-state index contributed by atoms with van der Waals surface area (Å²) in [4.78, 5) is 12.2. The molecule has 2 rings (SSSR count). The van der Waals surface area contributed by atoms with Crippen LogP contribution in [0.15, 0.2) is 34.5 Å². The maximum absolute atomic E-state index is 12.2. The number of terminal acetylenes is 1. The van der Waals surface area contributed by atoms with E-state index in [1.165, 1.54) is 0 Å². The Hall–Kier alpha value is -2.39. The number of ether oxygens (including phenoxy) is 1. The fraction of sp³-hybridized carbons (Fsp3) is 0.471. The second-order valence-corrected chi connectivity index (χ2v) is 5.40. The van der Waals surface area contributed by atoms with Gasteiger partial charge < -0.3 is 15.4 Å². The summed E-state index contributed by atoms with van der Waals surface area (Å²) in [6.45, 7) is 1.28. The lowest BCUT2D eigenvalue weighted by Gasteiger charge is -2.13. The van der Waals surface area contributed by atoms with E-state index in [2.05, 4.69) is 26.8 Å². The van der Waals surface area contributed by atoms with E-state index < -0.39 is 5.66 Å². The van der Waals surface area contributed by atoms with Crippen LogP contribution in [0, 0.1) is 12.3 Å². The first-order valence-electron chi connectivity index (χ1n) is 7.68. The summed E-state index contributed by atoms with van der Waals surface area (Å²) in [5.74, 6) is 2.53. The first-order valence-corrected chi connectivity index (χ1v) is 7.68. The monoisotopic (exact) mass is 314 g/mol. The molecule has 1 aromatic carbocycles. The zero-order valence-corrected chi connectivity index (χ0v) is 13.3.